The molecule has 0 bridgehead atoms. The summed E-state index contributed by atoms with van der Waals surface area (Å²) in [5.41, 5.74) is -0.573. The molecule has 0 aromatic carbocycles. The van der Waals surface area contributed by atoms with E-state index in [1.807, 2.05) is 13.8 Å². The molecule has 5 heteroatoms. The molecule has 0 fully saturated rings. The Kier molecular flexibility index (Phi) is 5.14. The quantitative estimate of drug-likeness (QED) is 0.624. The first-order valence-electron chi connectivity index (χ1n) is 4.88. The predicted molar refractivity (Wildman–Crippen MR) is 62.0 cm³/mol. The fourth-order valence-corrected chi connectivity index (χ4v) is 1.04. The third-order valence-corrected chi connectivity index (χ3v) is 3.18. The number of carbonyl (C=O) groups is 2. The van der Waals surface area contributed by atoms with Crippen molar-refractivity contribution in [3.8, 4) is 0 Å². The highest BCUT2D eigenvalue weighted by Crippen LogP contribution is 2.26. The second kappa shape index (κ2) is 5.39. The Bertz CT molecular complexity index is 251. The molecule has 0 aliphatic carbocycles. The number of nitrogens with one attached hydrogen (secondary N) is 1. The molecule has 0 saturated carbocycles. The SMILES string of the molecule is CC(C)C(C)(C)C(=O)NC(CS)C(=O)O. The van der Waals surface area contributed by atoms with E-state index in [4.69, 9.17) is 5.11 Å². The van der Waals surface area contributed by atoms with Crippen LogP contribution < -0.4 is 5.32 Å². The second-order valence-electron chi connectivity index (χ2n) is 4.42. The maximum atomic E-state index is 11.8. The molecule has 1 atom stereocenters. The van der Waals surface area contributed by atoms with Gasteiger partial charge in [-0.15, -0.1) is 0 Å². The molecule has 15 heavy (non-hydrogen) atoms. The molecule has 1 amide bonds. The Hall–Kier alpha value is -0.710. The number of thiol groups is 1. The molecule has 0 saturated heterocycles. The lowest BCUT2D eigenvalue weighted by Crippen LogP contribution is -2.49. The third kappa shape index (κ3) is 3.74. The van der Waals surface area contributed by atoms with Gasteiger partial charge in [0.2, 0.25) is 5.91 Å². The van der Waals surface area contributed by atoms with Crippen LogP contribution in [0.5, 0.6) is 0 Å². The van der Waals surface area contributed by atoms with Gasteiger partial charge >= 0.3 is 5.97 Å². The first kappa shape index (κ1) is 14.3. The number of carboxylic acid groups (broad SMARTS) is 1. The van der Waals surface area contributed by atoms with E-state index in [9.17, 15) is 9.59 Å². The second-order valence-corrected chi connectivity index (χ2v) is 4.79. The van der Waals surface area contributed by atoms with Crippen LogP contribution in [0.4, 0.5) is 0 Å². The van der Waals surface area contributed by atoms with E-state index < -0.39 is 17.4 Å². The van der Waals surface area contributed by atoms with Crippen molar-refractivity contribution in [2.24, 2.45) is 11.3 Å². The van der Waals surface area contributed by atoms with Crippen molar-refractivity contribution in [1.82, 2.24) is 5.32 Å². The Balaban J connectivity index is 4.54. The van der Waals surface area contributed by atoms with Crippen LogP contribution in [-0.2, 0) is 9.59 Å². The van der Waals surface area contributed by atoms with E-state index in [1.54, 1.807) is 13.8 Å². The van der Waals surface area contributed by atoms with Crippen molar-refractivity contribution in [3.63, 3.8) is 0 Å². The van der Waals surface area contributed by atoms with E-state index in [-0.39, 0.29) is 17.6 Å². The topological polar surface area (TPSA) is 66.4 Å². The van der Waals surface area contributed by atoms with Gasteiger partial charge in [-0.3, -0.25) is 4.79 Å². The minimum absolute atomic E-state index is 0.0925. The lowest BCUT2D eigenvalue weighted by molar-refractivity contribution is -0.143. The zero-order valence-electron chi connectivity index (χ0n) is 9.57. The van der Waals surface area contributed by atoms with Crippen molar-refractivity contribution in [1.29, 1.82) is 0 Å². The summed E-state index contributed by atoms with van der Waals surface area (Å²) in [5.74, 6) is -1.07. The summed E-state index contributed by atoms with van der Waals surface area (Å²) in [6, 6.07) is -0.918. The van der Waals surface area contributed by atoms with Crippen LogP contribution in [0.15, 0.2) is 0 Å². The van der Waals surface area contributed by atoms with Gasteiger partial charge in [0.25, 0.3) is 0 Å². The molecule has 0 rings (SSSR count). The van der Waals surface area contributed by atoms with Crippen LogP contribution in [0.1, 0.15) is 27.7 Å². The van der Waals surface area contributed by atoms with Gasteiger partial charge in [0, 0.05) is 11.2 Å². The van der Waals surface area contributed by atoms with Crippen molar-refractivity contribution < 1.29 is 14.7 Å². The standard InChI is InChI=1S/C10H19NO3S/c1-6(2)10(3,4)9(14)11-7(5-15)8(12)13/h6-7,15H,5H2,1-4H3,(H,11,14)(H,12,13). The van der Waals surface area contributed by atoms with E-state index in [0.29, 0.717) is 0 Å². The van der Waals surface area contributed by atoms with E-state index in [1.165, 1.54) is 0 Å². The highest BCUT2D eigenvalue weighted by atomic mass is 32.1. The predicted octanol–water partition coefficient (Wildman–Crippen LogP) is 1.17. The maximum absolute atomic E-state index is 11.8. The van der Waals surface area contributed by atoms with Crippen LogP contribution in [-0.4, -0.2) is 28.8 Å². The summed E-state index contributed by atoms with van der Waals surface area (Å²) in [6.07, 6.45) is 0. The summed E-state index contributed by atoms with van der Waals surface area (Å²) in [4.78, 5) is 22.5. The molecule has 0 radical (unpaired) electrons. The van der Waals surface area contributed by atoms with Gasteiger partial charge in [-0.2, -0.15) is 12.6 Å². The molecule has 0 heterocycles. The summed E-state index contributed by atoms with van der Waals surface area (Å²) in [5, 5.41) is 11.2. The highest BCUT2D eigenvalue weighted by molar-refractivity contribution is 7.80. The van der Waals surface area contributed by atoms with Crippen LogP contribution in [0.3, 0.4) is 0 Å². The summed E-state index contributed by atoms with van der Waals surface area (Å²) in [7, 11) is 0. The summed E-state index contributed by atoms with van der Waals surface area (Å²) < 4.78 is 0. The highest BCUT2D eigenvalue weighted by Gasteiger charge is 2.33. The molecular weight excluding hydrogens is 214 g/mol. The van der Waals surface area contributed by atoms with E-state index in [2.05, 4.69) is 17.9 Å². The zero-order chi connectivity index (χ0) is 12.2. The smallest absolute Gasteiger partial charge is 0.327 e. The largest absolute Gasteiger partial charge is 0.480 e. The first-order valence-corrected chi connectivity index (χ1v) is 5.51. The minimum atomic E-state index is -1.06. The lowest BCUT2D eigenvalue weighted by Gasteiger charge is -2.29. The monoisotopic (exact) mass is 233 g/mol. The number of carboxylic acids is 1. The van der Waals surface area contributed by atoms with E-state index >= 15 is 0 Å². The average molecular weight is 233 g/mol. The zero-order valence-corrected chi connectivity index (χ0v) is 10.5. The van der Waals surface area contributed by atoms with Gasteiger partial charge in [-0.25, -0.2) is 4.79 Å². The number of hydrogen-bond donors (Lipinski definition) is 3. The molecule has 88 valence electrons. The van der Waals surface area contributed by atoms with Crippen molar-refractivity contribution in [2.45, 2.75) is 33.7 Å². The van der Waals surface area contributed by atoms with Gasteiger partial charge in [-0.05, 0) is 5.92 Å². The minimum Gasteiger partial charge on any atom is -0.480 e. The molecule has 4 nitrogen and oxygen atoms in total. The molecule has 2 N–H and O–H groups in total. The average Bonchev–Trinajstić information content (AvgIpc) is 2.12. The summed E-state index contributed by atoms with van der Waals surface area (Å²) >= 11 is 3.88. The van der Waals surface area contributed by atoms with Gasteiger partial charge in [0.05, 0.1) is 0 Å². The molecule has 0 spiro atoms. The van der Waals surface area contributed by atoms with Gasteiger partial charge in [0.15, 0.2) is 0 Å². The third-order valence-electron chi connectivity index (χ3n) is 2.81. The molecule has 1 unspecified atom stereocenters. The number of aliphatic carboxylic acids is 1. The fourth-order valence-electron chi connectivity index (χ4n) is 0.792. The molecule has 0 aromatic rings. The Morgan fingerprint density at radius 3 is 2.13 bits per heavy atom. The molecule has 0 aromatic heterocycles. The number of amides is 1. The van der Waals surface area contributed by atoms with Crippen LogP contribution >= 0.6 is 12.6 Å². The fraction of sp³-hybridized carbons (Fsp3) is 0.800. The van der Waals surface area contributed by atoms with Crippen molar-refractivity contribution in [2.75, 3.05) is 5.75 Å². The normalized spacial score (nSPS) is 13.7. The Morgan fingerprint density at radius 2 is 1.87 bits per heavy atom. The molecule has 0 aliphatic rings. The first-order chi connectivity index (χ1) is 6.73. The maximum Gasteiger partial charge on any atom is 0.327 e. The van der Waals surface area contributed by atoms with Crippen LogP contribution in [0.2, 0.25) is 0 Å². The Labute approximate surface area is 95.8 Å². The summed E-state index contributed by atoms with van der Waals surface area (Å²) in [6.45, 7) is 7.45. The number of rotatable bonds is 5. The van der Waals surface area contributed by atoms with Crippen molar-refractivity contribution in [3.05, 3.63) is 0 Å². The number of hydrogen-bond acceptors (Lipinski definition) is 3. The van der Waals surface area contributed by atoms with Crippen LogP contribution in [0.25, 0.3) is 0 Å². The van der Waals surface area contributed by atoms with Crippen molar-refractivity contribution >= 4 is 24.5 Å². The van der Waals surface area contributed by atoms with Crippen LogP contribution in [0, 0.1) is 11.3 Å². The van der Waals surface area contributed by atoms with Gasteiger partial charge < -0.3 is 10.4 Å². The van der Waals surface area contributed by atoms with Gasteiger partial charge in [0.1, 0.15) is 6.04 Å². The lowest BCUT2D eigenvalue weighted by atomic mass is 9.80. The number of carbonyl (C=O) groups excluding carboxylic acids is 1. The Morgan fingerprint density at radius 1 is 1.40 bits per heavy atom. The molecule has 0 aliphatic heterocycles. The van der Waals surface area contributed by atoms with E-state index in [0.717, 1.165) is 0 Å². The van der Waals surface area contributed by atoms with Gasteiger partial charge in [-0.1, -0.05) is 27.7 Å². The molecular formula is C10H19NO3S.